The molecule has 0 saturated heterocycles. The molecular formula is C17H31NSi. The molecule has 0 aliphatic heterocycles. The summed E-state index contributed by atoms with van der Waals surface area (Å²) in [5, 5.41) is 0.421. The number of benzene rings is 1. The van der Waals surface area contributed by atoms with Crippen molar-refractivity contribution in [1.82, 2.24) is 0 Å². The minimum absolute atomic E-state index is 0.125. The van der Waals surface area contributed by atoms with E-state index in [1.54, 1.807) is 0 Å². The lowest BCUT2D eigenvalue weighted by atomic mass is 9.85. The molecule has 0 aliphatic carbocycles. The molecule has 0 aromatic heterocycles. The van der Waals surface area contributed by atoms with Crippen molar-refractivity contribution in [3.05, 3.63) is 29.3 Å². The van der Waals surface area contributed by atoms with Crippen molar-refractivity contribution in [2.24, 2.45) is 0 Å². The molecule has 1 aromatic carbocycles. The molecule has 108 valence electrons. The van der Waals surface area contributed by atoms with Gasteiger partial charge in [0.2, 0.25) is 0 Å². The van der Waals surface area contributed by atoms with Crippen LogP contribution in [0.4, 0.5) is 5.69 Å². The second kappa shape index (κ2) is 4.97. The Balaban J connectivity index is 3.04. The van der Waals surface area contributed by atoms with E-state index >= 15 is 0 Å². The topological polar surface area (TPSA) is 26.0 Å². The lowest BCUT2D eigenvalue weighted by molar-refractivity contribution is 0.592. The predicted octanol–water partition coefficient (Wildman–Crippen LogP) is 5.16. The molecule has 1 rings (SSSR count). The molecule has 0 unspecified atom stereocenters. The summed E-state index contributed by atoms with van der Waals surface area (Å²) in [5.74, 6) is 0. The van der Waals surface area contributed by atoms with Crippen molar-refractivity contribution in [3.8, 4) is 0 Å². The van der Waals surface area contributed by atoms with Gasteiger partial charge in [-0.1, -0.05) is 66.8 Å². The van der Waals surface area contributed by atoms with Gasteiger partial charge in [-0.25, -0.2) is 0 Å². The highest BCUT2D eigenvalue weighted by molar-refractivity contribution is 6.79. The van der Waals surface area contributed by atoms with Crippen LogP contribution in [-0.4, -0.2) is 8.07 Å². The molecular weight excluding hydrogens is 246 g/mol. The fourth-order valence-corrected chi connectivity index (χ4v) is 3.95. The van der Waals surface area contributed by atoms with Gasteiger partial charge in [-0.3, -0.25) is 0 Å². The Morgan fingerprint density at radius 1 is 1.00 bits per heavy atom. The largest absolute Gasteiger partial charge is 0.398 e. The summed E-state index contributed by atoms with van der Waals surface area (Å²) >= 11 is 0. The van der Waals surface area contributed by atoms with Gasteiger partial charge >= 0.3 is 0 Å². The first-order valence-corrected chi connectivity index (χ1v) is 10.4. The van der Waals surface area contributed by atoms with E-state index in [0.717, 1.165) is 5.69 Å². The third-order valence-corrected chi connectivity index (χ3v) is 9.95. The maximum Gasteiger partial charge on any atom is 0.0571 e. The second-order valence-electron chi connectivity index (χ2n) is 8.48. The average molecular weight is 278 g/mol. The van der Waals surface area contributed by atoms with E-state index in [1.807, 2.05) is 0 Å². The standard InChI is InChI=1S/C17H31NSi/c1-16(2,3)14-10-9-13(11-15(14)18)12-19(7,8)17(4,5)6/h9-11H,12,18H2,1-8H3. The van der Waals surface area contributed by atoms with Gasteiger partial charge in [-0.15, -0.1) is 0 Å². The van der Waals surface area contributed by atoms with Gasteiger partial charge in [0.15, 0.2) is 0 Å². The summed E-state index contributed by atoms with van der Waals surface area (Å²) in [5.41, 5.74) is 9.98. The zero-order chi connectivity index (χ0) is 15.1. The van der Waals surface area contributed by atoms with Crippen LogP contribution >= 0.6 is 0 Å². The number of nitrogens with two attached hydrogens (primary N) is 1. The number of rotatable bonds is 2. The third-order valence-electron chi connectivity index (χ3n) is 4.60. The average Bonchev–Trinajstić information content (AvgIpc) is 2.12. The third kappa shape index (κ3) is 3.85. The van der Waals surface area contributed by atoms with Gasteiger partial charge in [0.1, 0.15) is 0 Å². The lowest BCUT2D eigenvalue weighted by Gasteiger charge is -2.37. The minimum atomic E-state index is -1.29. The lowest BCUT2D eigenvalue weighted by Crippen LogP contribution is -2.39. The molecule has 0 saturated carbocycles. The molecule has 0 aliphatic rings. The van der Waals surface area contributed by atoms with Crippen molar-refractivity contribution in [2.75, 3.05) is 5.73 Å². The van der Waals surface area contributed by atoms with Crippen molar-refractivity contribution >= 4 is 13.8 Å². The van der Waals surface area contributed by atoms with Crippen molar-refractivity contribution in [3.63, 3.8) is 0 Å². The Hall–Kier alpha value is -0.763. The van der Waals surface area contributed by atoms with E-state index in [9.17, 15) is 0 Å². The van der Waals surface area contributed by atoms with Crippen LogP contribution in [0.5, 0.6) is 0 Å². The van der Waals surface area contributed by atoms with E-state index in [-0.39, 0.29) is 5.41 Å². The van der Waals surface area contributed by atoms with Gasteiger partial charge in [0.25, 0.3) is 0 Å². The maximum absolute atomic E-state index is 6.25. The molecule has 19 heavy (non-hydrogen) atoms. The Morgan fingerprint density at radius 2 is 1.53 bits per heavy atom. The Kier molecular flexibility index (Phi) is 4.26. The van der Waals surface area contributed by atoms with Gasteiger partial charge in [-0.05, 0) is 33.7 Å². The summed E-state index contributed by atoms with van der Waals surface area (Å²) in [6.45, 7) is 18.7. The minimum Gasteiger partial charge on any atom is -0.398 e. The van der Waals surface area contributed by atoms with E-state index in [0.29, 0.717) is 5.04 Å². The number of anilines is 1. The summed E-state index contributed by atoms with van der Waals surface area (Å²) in [6.07, 6.45) is 0. The fourth-order valence-electron chi connectivity index (χ4n) is 2.18. The van der Waals surface area contributed by atoms with Crippen LogP contribution in [0.1, 0.15) is 52.7 Å². The molecule has 1 aromatic rings. The van der Waals surface area contributed by atoms with E-state index in [4.69, 9.17) is 5.73 Å². The predicted molar refractivity (Wildman–Crippen MR) is 90.5 cm³/mol. The fraction of sp³-hybridized carbons (Fsp3) is 0.647. The van der Waals surface area contributed by atoms with Crippen LogP contribution in [0.25, 0.3) is 0 Å². The van der Waals surface area contributed by atoms with Gasteiger partial charge in [0, 0.05) is 5.69 Å². The van der Waals surface area contributed by atoms with Crippen molar-refractivity contribution in [2.45, 2.75) is 71.1 Å². The summed E-state index contributed by atoms with van der Waals surface area (Å²) in [7, 11) is -1.29. The molecule has 0 radical (unpaired) electrons. The molecule has 0 bridgehead atoms. The first-order valence-electron chi connectivity index (χ1n) is 7.23. The zero-order valence-corrected chi connectivity index (χ0v) is 15.0. The Labute approximate surface area is 120 Å². The van der Waals surface area contributed by atoms with Crippen LogP contribution in [0, 0.1) is 0 Å². The van der Waals surface area contributed by atoms with E-state index in [1.165, 1.54) is 17.2 Å². The highest BCUT2D eigenvalue weighted by atomic mass is 28.3. The zero-order valence-electron chi connectivity index (χ0n) is 14.0. The number of hydrogen-bond acceptors (Lipinski definition) is 1. The number of hydrogen-bond donors (Lipinski definition) is 1. The SMILES string of the molecule is CC(C)(C)c1ccc(C[Si](C)(C)C(C)(C)C)cc1N. The molecule has 0 fully saturated rings. The molecule has 1 nitrogen and oxygen atoms in total. The molecule has 0 atom stereocenters. The Morgan fingerprint density at radius 3 is 1.89 bits per heavy atom. The molecule has 0 amide bonds. The van der Waals surface area contributed by atoms with E-state index < -0.39 is 8.07 Å². The summed E-state index contributed by atoms with van der Waals surface area (Å²) < 4.78 is 0. The van der Waals surface area contributed by atoms with Crippen LogP contribution in [-0.2, 0) is 11.5 Å². The van der Waals surface area contributed by atoms with Crippen LogP contribution in [0.3, 0.4) is 0 Å². The van der Waals surface area contributed by atoms with Gasteiger partial charge < -0.3 is 5.73 Å². The van der Waals surface area contributed by atoms with Gasteiger partial charge in [-0.2, -0.15) is 0 Å². The highest BCUT2D eigenvalue weighted by Crippen LogP contribution is 2.38. The maximum atomic E-state index is 6.25. The first kappa shape index (κ1) is 16.3. The Bertz CT molecular complexity index is 447. The molecule has 2 heteroatoms. The molecule has 2 N–H and O–H groups in total. The first-order chi connectivity index (χ1) is 8.34. The van der Waals surface area contributed by atoms with E-state index in [2.05, 4.69) is 72.8 Å². The summed E-state index contributed by atoms with van der Waals surface area (Å²) in [4.78, 5) is 0. The van der Waals surface area contributed by atoms with Crippen molar-refractivity contribution in [1.29, 1.82) is 0 Å². The quantitative estimate of drug-likeness (QED) is 0.586. The van der Waals surface area contributed by atoms with Crippen LogP contribution in [0.15, 0.2) is 18.2 Å². The summed E-state index contributed by atoms with van der Waals surface area (Å²) in [6, 6.07) is 7.89. The van der Waals surface area contributed by atoms with Crippen LogP contribution in [0.2, 0.25) is 18.1 Å². The highest BCUT2D eigenvalue weighted by Gasteiger charge is 2.35. The van der Waals surface area contributed by atoms with Crippen molar-refractivity contribution < 1.29 is 0 Å². The normalized spacial score (nSPS) is 13.7. The molecule has 0 spiro atoms. The smallest absolute Gasteiger partial charge is 0.0571 e. The molecule has 0 heterocycles. The van der Waals surface area contributed by atoms with Gasteiger partial charge in [0.05, 0.1) is 8.07 Å². The second-order valence-corrected chi connectivity index (χ2v) is 14.1. The monoisotopic (exact) mass is 277 g/mol. The number of nitrogen functional groups attached to an aromatic ring is 1. The van der Waals surface area contributed by atoms with Crippen LogP contribution < -0.4 is 5.73 Å².